The van der Waals surface area contributed by atoms with E-state index in [4.69, 9.17) is 5.11 Å². The SMILES string of the molecule is O=C(O)C1CC12CCc1ccc(Br)cc12. The molecule has 78 valence electrons. The fraction of sp³-hybridized carbons (Fsp3) is 0.417. The van der Waals surface area contributed by atoms with E-state index in [1.165, 1.54) is 11.1 Å². The number of halogens is 1. The van der Waals surface area contributed by atoms with Gasteiger partial charge in [-0.2, -0.15) is 0 Å². The van der Waals surface area contributed by atoms with Crippen molar-refractivity contribution in [2.75, 3.05) is 0 Å². The Balaban J connectivity index is 2.06. The van der Waals surface area contributed by atoms with Crippen LogP contribution in [0.15, 0.2) is 22.7 Å². The summed E-state index contributed by atoms with van der Waals surface area (Å²) in [6.45, 7) is 0. The molecule has 1 saturated carbocycles. The predicted molar refractivity (Wildman–Crippen MR) is 59.9 cm³/mol. The Morgan fingerprint density at radius 1 is 1.53 bits per heavy atom. The smallest absolute Gasteiger partial charge is 0.307 e. The van der Waals surface area contributed by atoms with Gasteiger partial charge in [-0.15, -0.1) is 0 Å². The zero-order valence-electron chi connectivity index (χ0n) is 8.16. The molecule has 2 aliphatic rings. The molecule has 2 aliphatic carbocycles. The first kappa shape index (κ1) is 9.40. The van der Waals surface area contributed by atoms with Crippen molar-refractivity contribution in [2.24, 2.45) is 5.92 Å². The molecule has 0 heterocycles. The van der Waals surface area contributed by atoms with Crippen LogP contribution in [0.2, 0.25) is 0 Å². The average molecular weight is 267 g/mol. The summed E-state index contributed by atoms with van der Waals surface area (Å²) in [6, 6.07) is 6.26. The highest BCUT2D eigenvalue weighted by molar-refractivity contribution is 9.10. The third-order valence-electron chi connectivity index (χ3n) is 3.82. The van der Waals surface area contributed by atoms with Crippen LogP contribution in [0.4, 0.5) is 0 Å². The maximum atomic E-state index is 11.0. The third-order valence-corrected chi connectivity index (χ3v) is 4.32. The summed E-state index contributed by atoms with van der Waals surface area (Å²) in [5, 5.41) is 9.06. The Morgan fingerprint density at radius 3 is 3.00 bits per heavy atom. The van der Waals surface area contributed by atoms with Gasteiger partial charge >= 0.3 is 5.97 Å². The Kier molecular flexibility index (Phi) is 1.78. The van der Waals surface area contributed by atoms with Crippen LogP contribution in [0.1, 0.15) is 24.0 Å². The number of benzene rings is 1. The van der Waals surface area contributed by atoms with Crippen LogP contribution in [0.5, 0.6) is 0 Å². The molecule has 0 saturated heterocycles. The summed E-state index contributed by atoms with van der Waals surface area (Å²) < 4.78 is 1.05. The lowest BCUT2D eigenvalue weighted by molar-refractivity contribution is -0.139. The molecular weight excluding hydrogens is 256 g/mol. The maximum Gasteiger partial charge on any atom is 0.307 e. The van der Waals surface area contributed by atoms with Gasteiger partial charge in [0.05, 0.1) is 5.92 Å². The predicted octanol–water partition coefficient (Wildman–Crippen LogP) is 2.74. The molecule has 2 unspecified atom stereocenters. The van der Waals surface area contributed by atoms with Crippen molar-refractivity contribution in [3.8, 4) is 0 Å². The molecule has 0 aromatic heterocycles. The first-order chi connectivity index (χ1) is 7.13. The van der Waals surface area contributed by atoms with E-state index in [0.717, 1.165) is 23.7 Å². The van der Waals surface area contributed by atoms with Gasteiger partial charge < -0.3 is 5.11 Å². The number of hydrogen-bond donors (Lipinski definition) is 1. The highest BCUT2D eigenvalue weighted by Gasteiger charge is 2.61. The molecule has 2 atom stereocenters. The van der Waals surface area contributed by atoms with Crippen LogP contribution in [-0.4, -0.2) is 11.1 Å². The van der Waals surface area contributed by atoms with Gasteiger partial charge in [0.15, 0.2) is 0 Å². The van der Waals surface area contributed by atoms with Gasteiger partial charge in [-0.25, -0.2) is 0 Å². The second-order valence-electron chi connectivity index (χ2n) is 4.55. The number of carbonyl (C=O) groups is 1. The van der Waals surface area contributed by atoms with Crippen molar-refractivity contribution < 1.29 is 9.90 Å². The van der Waals surface area contributed by atoms with Gasteiger partial charge in [-0.05, 0) is 42.5 Å². The van der Waals surface area contributed by atoms with Crippen LogP contribution < -0.4 is 0 Å². The normalized spacial score (nSPS) is 31.7. The van der Waals surface area contributed by atoms with Crippen molar-refractivity contribution in [2.45, 2.75) is 24.7 Å². The zero-order chi connectivity index (χ0) is 10.6. The van der Waals surface area contributed by atoms with E-state index in [0.29, 0.717) is 0 Å². The van der Waals surface area contributed by atoms with Gasteiger partial charge in [0.2, 0.25) is 0 Å². The molecule has 0 aliphatic heterocycles. The number of aliphatic carboxylic acids is 1. The molecule has 0 radical (unpaired) electrons. The van der Waals surface area contributed by atoms with Crippen molar-refractivity contribution in [1.82, 2.24) is 0 Å². The lowest BCUT2D eigenvalue weighted by Gasteiger charge is -2.09. The number of hydrogen-bond acceptors (Lipinski definition) is 1. The molecule has 0 amide bonds. The summed E-state index contributed by atoms with van der Waals surface area (Å²) >= 11 is 3.45. The maximum absolute atomic E-state index is 11.0. The number of aryl methyl sites for hydroxylation is 1. The Labute approximate surface area is 96.4 Å². The highest BCUT2D eigenvalue weighted by Crippen LogP contribution is 2.61. The van der Waals surface area contributed by atoms with Crippen LogP contribution in [0.25, 0.3) is 0 Å². The highest BCUT2D eigenvalue weighted by atomic mass is 79.9. The fourth-order valence-corrected chi connectivity index (χ4v) is 3.29. The molecule has 1 aromatic rings. The minimum Gasteiger partial charge on any atom is -0.481 e. The summed E-state index contributed by atoms with van der Waals surface area (Å²) in [6.07, 6.45) is 2.87. The molecule has 1 N–H and O–H groups in total. The molecule has 0 bridgehead atoms. The summed E-state index contributed by atoms with van der Waals surface area (Å²) in [5.41, 5.74) is 2.58. The first-order valence-electron chi connectivity index (χ1n) is 5.15. The molecular formula is C12H11BrO2. The zero-order valence-corrected chi connectivity index (χ0v) is 9.75. The van der Waals surface area contributed by atoms with Crippen molar-refractivity contribution in [3.63, 3.8) is 0 Å². The molecule has 3 heteroatoms. The van der Waals surface area contributed by atoms with Crippen molar-refractivity contribution in [3.05, 3.63) is 33.8 Å². The van der Waals surface area contributed by atoms with Crippen LogP contribution in [-0.2, 0) is 16.6 Å². The van der Waals surface area contributed by atoms with E-state index in [1.54, 1.807) is 0 Å². The first-order valence-corrected chi connectivity index (χ1v) is 5.94. The minimum absolute atomic E-state index is 0.0229. The molecule has 3 rings (SSSR count). The van der Waals surface area contributed by atoms with E-state index in [9.17, 15) is 4.79 Å². The quantitative estimate of drug-likeness (QED) is 0.849. The number of carboxylic acid groups (broad SMARTS) is 1. The van der Waals surface area contributed by atoms with Crippen molar-refractivity contribution >= 4 is 21.9 Å². The van der Waals surface area contributed by atoms with Gasteiger partial charge in [-0.1, -0.05) is 22.0 Å². The minimum atomic E-state index is -0.636. The standard InChI is InChI=1S/C12H11BrO2/c13-8-2-1-7-3-4-12(9(7)5-8)6-10(12)11(14)15/h1-2,5,10H,3-4,6H2,(H,14,15). The van der Waals surface area contributed by atoms with Crippen LogP contribution in [0, 0.1) is 5.92 Å². The number of rotatable bonds is 1. The summed E-state index contributed by atoms with van der Waals surface area (Å²) in [5.74, 6) is -0.782. The topological polar surface area (TPSA) is 37.3 Å². The molecule has 1 fully saturated rings. The van der Waals surface area contributed by atoms with Crippen LogP contribution >= 0.6 is 15.9 Å². The Bertz CT molecular complexity index is 455. The fourth-order valence-electron chi connectivity index (χ4n) is 2.93. The van der Waals surface area contributed by atoms with Crippen molar-refractivity contribution in [1.29, 1.82) is 0 Å². The second-order valence-corrected chi connectivity index (χ2v) is 5.47. The van der Waals surface area contributed by atoms with Gasteiger partial charge in [-0.3, -0.25) is 4.79 Å². The monoisotopic (exact) mass is 266 g/mol. The number of carboxylic acids is 1. The van der Waals surface area contributed by atoms with Gasteiger partial charge in [0.25, 0.3) is 0 Å². The Hall–Kier alpha value is -0.830. The molecule has 1 spiro atoms. The summed E-state index contributed by atoms with van der Waals surface area (Å²) in [4.78, 5) is 11.0. The number of fused-ring (bicyclic) bond motifs is 2. The van der Waals surface area contributed by atoms with E-state index < -0.39 is 5.97 Å². The van der Waals surface area contributed by atoms with Gasteiger partial charge in [0.1, 0.15) is 0 Å². The summed E-state index contributed by atoms with van der Waals surface area (Å²) in [7, 11) is 0. The van der Waals surface area contributed by atoms with Crippen LogP contribution in [0.3, 0.4) is 0 Å². The molecule has 1 aromatic carbocycles. The third kappa shape index (κ3) is 1.19. The van der Waals surface area contributed by atoms with E-state index in [2.05, 4.69) is 28.1 Å². The molecule has 15 heavy (non-hydrogen) atoms. The van der Waals surface area contributed by atoms with E-state index in [-0.39, 0.29) is 11.3 Å². The average Bonchev–Trinajstić information content (AvgIpc) is 2.81. The Morgan fingerprint density at radius 2 is 2.33 bits per heavy atom. The molecule has 2 nitrogen and oxygen atoms in total. The lowest BCUT2D eigenvalue weighted by Crippen LogP contribution is -2.11. The largest absolute Gasteiger partial charge is 0.481 e. The second kappa shape index (κ2) is 2.85. The lowest BCUT2D eigenvalue weighted by atomic mass is 9.95. The van der Waals surface area contributed by atoms with E-state index in [1.807, 2.05) is 6.07 Å². The van der Waals surface area contributed by atoms with E-state index >= 15 is 0 Å². The van der Waals surface area contributed by atoms with Gasteiger partial charge in [0, 0.05) is 9.89 Å².